The number of rotatable bonds is 3. The Hall–Kier alpha value is -1.52. The van der Waals surface area contributed by atoms with E-state index >= 15 is 0 Å². The average molecular weight is 252 g/mol. The van der Waals surface area contributed by atoms with Crippen molar-refractivity contribution in [3.05, 3.63) is 47.0 Å². The van der Waals surface area contributed by atoms with Crippen LogP contribution in [0, 0.1) is 0 Å². The maximum Gasteiger partial charge on any atom is 0.130 e. The molecule has 0 saturated carbocycles. The van der Waals surface area contributed by atoms with Gasteiger partial charge in [-0.15, -0.1) is 0 Å². The quantitative estimate of drug-likeness (QED) is 0.909. The van der Waals surface area contributed by atoms with E-state index in [-0.39, 0.29) is 6.04 Å². The van der Waals surface area contributed by atoms with Crippen molar-refractivity contribution >= 4 is 11.6 Å². The molecule has 2 N–H and O–H groups in total. The Labute approximate surface area is 105 Å². The number of halogens is 1. The summed E-state index contributed by atoms with van der Waals surface area (Å²) in [6.45, 7) is 0. The number of ether oxygens (including phenoxy) is 1. The Morgan fingerprint density at radius 3 is 2.82 bits per heavy atom. The zero-order valence-corrected chi connectivity index (χ0v) is 10.5. The van der Waals surface area contributed by atoms with Crippen LogP contribution in [-0.4, -0.2) is 16.7 Å². The Bertz CT molecular complexity index is 524. The molecule has 0 amide bonds. The molecule has 0 aliphatic rings. The van der Waals surface area contributed by atoms with E-state index in [0.717, 1.165) is 11.4 Å². The lowest BCUT2D eigenvalue weighted by Gasteiger charge is -2.15. The summed E-state index contributed by atoms with van der Waals surface area (Å²) >= 11 is 5.98. The number of aryl methyl sites for hydroxylation is 1. The van der Waals surface area contributed by atoms with Crippen LogP contribution in [0.4, 0.5) is 0 Å². The van der Waals surface area contributed by atoms with Crippen molar-refractivity contribution < 1.29 is 4.74 Å². The zero-order chi connectivity index (χ0) is 12.4. The minimum absolute atomic E-state index is 0.358. The second-order valence-electron chi connectivity index (χ2n) is 3.76. The summed E-state index contributed by atoms with van der Waals surface area (Å²) in [7, 11) is 3.51. The van der Waals surface area contributed by atoms with Gasteiger partial charge in [-0.25, -0.2) is 4.98 Å². The summed E-state index contributed by atoms with van der Waals surface area (Å²) in [6, 6.07) is 5.03. The maximum atomic E-state index is 6.18. The van der Waals surface area contributed by atoms with Crippen LogP contribution >= 0.6 is 11.6 Å². The zero-order valence-electron chi connectivity index (χ0n) is 9.72. The number of nitrogens with two attached hydrogens (primary N) is 1. The van der Waals surface area contributed by atoms with Gasteiger partial charge in [0.05, 0.1) is 13.2 Å². The minimum atomic E-state index is -0.358. The fourth-order valence-electron chi connectivity index (χ4n) is 1.76. The van der Waals surface area contributed by atoms with Crippen LogP contribution in [0.5, 0.6) is 5.75 Å². The SMILES string of the molecule is COc1ccc(Cl)cc1C(N)c1nccn1C. The number of imidazole rings is 1. The Morgan fingerprint density at radius 2 is 2.24 bits per heavy atom. The van der Waals surface area contributed by atoms with Crippen molar-refractivity contribution in [1.82, 2.24) is 9.55 Å². The number of aromatic nitrogens is 2. The van der Waals surface area contributed by atoms with Gasteiger partial charge in [0.25, 0.3) is 0 Å². The number of hydrogen-bond donors (Lipinski definition) is 1. The Kier molecular flexibility index (Phi) is 3.36. The van der Waals surface area contributed by atoms with Crippen molar-refractivity contribution in [3.63, 3.8) is 0 Å². The second kappa shape index (κ2) is 4.77. The molecule has 0 fully saturated rings. The number of nitrogens with zero attached hydrogens (tertiary/aromatic N) is 2. The van der Waals surface area contributed by atoms with E-state index in [2.05, 4.69) is 4.98 Å². The van der Waals surface area contributed by atoms with Gasteiger partial charge in [0, 0.05) is 30.0 Å². The molecular weight excluding hydrogens is 238 g/mol. The number of benzene rings is 1. The highest BCUT2D eigenvalue weighted by Gasteiger charge is 2.17. The fraction of sp³-hybridized carbons (Fsp3) is 0.250. The van der Waals surface area contributed by atoms with E-state index in [9.17, 15) is 0 Å². The average Bonchev–Trinajstić information content (AvgIpc) is 2.74. The molecule has 1 aromatic carbocycles. The second-order valence-corrected chi connectivity index (χ2v) is 4.20. The van der Waals surface area contributed by atoms with E-state index in [1.54, 1.807) is 31.5 Å². The van der Waals surface area contributed by atoms with Gasteiger partial charge >= 0.3 is 0 Å². The fourth-order valence-corrected chi connectivity index (χ4v) is 1.94. The lowest BCUT2D eigenvalue weighted by Crippen LogP contribution is -2.17. The number of methoxy groups -OCH3 is 1. The molecule has 5 heteroatoms. The first-order valence-electron chi connectivity index (χ1n) is 5.19. The van der Waals surface area contributed by atoms with Crippen LogP contribution in [0.15, 0.2) is 30.6 Å². The van der Waals surface area contributed by atoms with Crippen LogP contribution in [0.2, 0.25) is 5.02 Å². The molecule has 1 unspecified atom stereocenters. The smallest absolute Gasteiger partial charge is 0.130 e. The monoisotopic (exact) mass is 251 g/mol. The van der Waals surface area contributed by atoms with Crippen molar-refractivity contribution in [2.75, 3.05) is 7.11 Å². The van der Waals surface area contributed by atoms with Gasteiger partial charge in [-0.05, 0) is 18.2 Å². The van der Waals surface area contributed by atoms with Crippen molar-refractivity contribution in [3.8, 4) is 5.75 Å². The van der Waals surface area contributed by atoms with Gasteiger partial charge in [0.15, 0.2) is 0 Å². The molecule has 2 rings (SSSR count). The molecule has 17 heavy (non-hydrogen) atoms. The first kappa shape index (κ1) is 12.0. The van der Waals surface area contributed by atoms with E-state index in [1.165, 1.54) is 0 Å². The Balaban J connectivity index is 2.46. The summed E-state index contributed by atoms with van der Waals surface area (Å²) in [5, 5.41) is 0.630. The molecule has 0 spiro atoms. The lowest BCUT2D eigenvalue weighted by atomic mass is 10.1. The van der Waals surface area contributed by atoms with Crippen LogP contribution in [0.1, 0.15) is 17.4 Å². The third-order valence-electron chi connectivity index (χ3n) is 2.66. The summed E-state index contributed by atoms with van der Waals surface area (Å²) in [4.78, 5) is 4.24. The molecule has 90 valence electrons. The molecule has 2 aromatic rings. The van der Waals surface area contributed by atoms with Gasteiger partial charge in [-0.1, -0.05) is 11.6 Å². The number of hydrogen-bond acceptors (Lipinski definition) is 3. The normalized spacial score (nSPS) is 12.5. The summed E-state index contributed by atoms with van der Waals surface area (Å²) in [5.41, 5.74) is 7.01. The van der Waals surface area contributed by atoms with Gasteiger partial charge in [-0.2, -0.15) is 0 Å². The maximum absolute atomic E-state index is 6.18. The molecule has 0 saturated heterocycles. The summed E-state index contributed by atoms with van der Waals surface area (Å²) in [6.07, 6.45) is 3.57. The van der Waals surface area contributed by atoms with Gasteiger partial charge in [0.2, 0.25) is 0 Å². The van der Waals surface area contributed by atoms with Crippen LogP contribution in [0.3, 0.4) is 0 Å². The predicted molar refractivity (Wildman–Crippen MR) is 67.2 cm³/mol. The highest BCUT2D eigenvalue weighted by molar-refractivity contribution is 6.30. The molecule has 0 aliphatic carbocycles. The Morgan fingerprint density at radius 1 is 1.47 bits per heavy atom. The molecule has 1 atom stereocenters. The first-order chi connectivity index (χ1) is 8.13. The molecule has 1 aromatic heterocycles. The van der Waals surface area contributed by atoms with Gasteiger partial charge in [0.1, 0.15) is 11.6 Å². The van der Waals surface area contributed by atoms with Crippen molar-refractivity contribution in [1.29, 1.82) is 0 Å². The van der Waals surface area contributed by atoms with Crippen molar-refractivity contribution in [2.24, 2.45) is 12.8 Å². The highest BCUT2D eigenvalue weighted by atomic mass is 35.5. The molecule has 0 aliphatic heterocycles. The van der Waals surface area contributed by atoms with Crippen LogP contribution in [0.25, 0.3) is 0 Å². The van der Waals surface area contributed by atoms with Crippen LogP contribution in [-0.2, 0) is 7.05 Å². The minimum Gasteiger partial charge on any atom is -0.496 e. The van der Waals surface area contributed by atoms with Gasteiger partial charge in [-0.3, -0.25) is 0 Å². The topological polar surface area (TPSA) is 53.1 Å². The molecule has 4 nitrogen and oxygen atoms in total. The predicted octanol–water partition coefficient (Wildman–Crippen LogP) is 2.13. The standard InChI is InChI=1S/C12H14ClN3O/c1-16-6-5-15-12(16)11(14)9-7-8(13)3-4-10(9)17-2/h3-7,11H,14H2,1-2H3. The van der Waals surface area contributed by atoms with Gasteiger partial charge < -0.3 is 15.0 Å². The van der Waals surface area contributed by atoms with E-state index < -0.39 is 0 Å². The van der Waals surface area contributed by atoms with Crippen LogP contribution < -0.4 is 10.5 Å². The van der Waals surface area contributed by atoms with E-state index in [4.69, 9.17) is 22.1 Å². The molecule has 0 bridgehead atoms. The first-order valence-corrected chi connectivity index (χ1v) is 5.57. The third-order valence-corrected chi connectivity index (χ3v) is 2.90. The molecule has 1 heterocycles. The summed E-state index contributed by atoms with van der Waals surface area (Å²) < 4.78 is 7.16. The molecule has 0 radical (unpaired) electrons. The third kappa shape index (κ3) is 2.28. The highest BCUT2D eigenvalue weighted by Crippen LogP contribution is 2.29. The van der Waals surface area contributed by atoms with E-state index in [1.807, 2.05) is 17.8 Å². The molecular formula is C12H14ClN3O. The summed E-state index contributed by atoms with van der Waals surface area (Å²) in [5.74, 6) is 1.48. The lowest BCUT2D eigenvalue weighted by molar-refractivity contribution is 0.407. The largest absolute Gasteiger partial charge is 0.496 e. The van der Waals surface area contributed by atoms with Crippen molar-refractivity contribution in [2.45, 2.75) is 6.04 Å². The van der Waals surface area contributed by atoms with E-state index in [0.29, 0.717) is 10.8 Å².